The average molecular weight is 300 g/mol. The molecule has 0 saturated carbocycles. The van der Waals surface area contributed by atoms with E-state index in [2.05, 4.69) is 5.32 Å². The van der Waals surface area contributed by atoms with Gasteiger partial charge in [-0.25, -0.2) is 4.79 Å². The molecule has 120 valence electrons. The summed E-state index contributed by atoms with van der Waals surface area (Å²) in [6.45, 7) is 7.65. The number of esters is 1. The molecular formula is C14H24N2O5. The third-order valence-corrected chi connectivity index (χ3v) is 2.85. The topological polar surface area (TPSA) is 84.9 Å². The summed E-state index contributed by atoms with van der Waals surface area (Å²) in [5.41, 5.74) is -0.619. The number of amides is 2. The lowest BCUT2D eigenvalue weighted by atomic mass is 10.1. The summed E-state index contributed by atoms with van der Waals surface area (Å²) in [6.07, 6.45) is 0.627. The van der Waals surface area contributed by atoms with Gasteiger partial charge in [0.1, 0.15) is 18.2 Å². The molecule has 0 aliphatic carbocycles. The third-order valence-electron chi connectivity index (χ3n) is 2.85. The molecule has 7 heteroatoms. The van der Waals surface area contributed by atoms with Crippen LogP contribution in [-0.4, -0.2) is 54.2 Å². The highest BCUT2D eigenvalue weighted by Gasteiger charge is 2.32. The smallest absolute Gasteiger partial charge is 0.408 e. The normalized spacial score (nSPS) is 19.1. The summed E-state index contributed by atoms with van der Waals surface area (Å²) in [6, 6.07) is -0.650. The molecule has 0 bridgehead atoms. The minimum absolute atomic E-state index is 0.0842. The van der Waals surface area contributed by atoms with Crippen LogP contribution < -0.4 is 5.32 Å². The minimum atomic E-state index is -0.650. The molecule has 0 radical (unpaired) electrons. The van der Waals surface area contributed by atoms with Gasteiger partial charge in [0.05, 0.1) is 6.61 Å². The molecule has 1 aliphatic heterocycles. The van der Waals surface area contributed by atoms with Crippen molar-refractivity contribution >= 4 is 18.0 Å². The molecule has 2 amide bonds. The number of likely N-dealkylation sites (tertiary alicyclic amines) is 1. The molecular weight excluding hydrogens is 276 g/mol. The van der Waals surface area contributed by atoms with Crippen molar-refractivity contribution in [3.63, 3.8) is 0 Å². The number of nitrogens with one attached hydrogen (secondary N) is 1. The zero-order chi connectivity index (χ0) is 16.0. The fraction of sp³-hybridized carbons (Fsp3) is 0.786. The molecule has 21 heavy (non-hydrogen) atoms. The second-order valence-corrected chi connectivity index (χ2v) is 5.91. The number of hydrogen-bond donors (Lipinski definition) is 1. The maximum atomic E-state index is 12.2. The van der Waals surface area contributed by atoms with Crippen molar-refractivity contribution in [1.29, 1.82) is 0 Å². The predicted octanol–water partition coefficient (Wildman–Crippen LogP) is 1.07. The summed E-state index contributed by atoms with van der Waals surface area (Å²) in [5.74, 6) is -0.719. The van der Waals surface area contributed by atoms with Gasteiger partial charge in [0.2, 0.25) is 5.91 Å². The molecule has 1 saturated heterocycles. The fourth-order valence-electron chi connectivity index (χ4n) is 2.04. The summed E-state index contributed by atoms with van der Waals surface area (Å²) in [5, 5.41) is 2.56. The number of piperidine rings is 1. The van der Waals surface area contributed by atoms with Crippen LogP contribution in [0.5, 0.6) is 0 Å². The molecule has 1 fully saturated rings. The number of hydrogen-bond acceptors (Lipinski definition) is 5. The Morgan fingerprint density at radius 1 is 1.38 bits per heavy atom. The number of ether oxygens (including phenoxy) is 2. The van der Waals surface area contributed by atoms with E-state index < -0.39 is 23.7 Å². The number of nitrogens with zero attached hydrogens (tertiary/aromatic N) is 1. The Labute approximate surface area is 124 Å². The first-order chi connectivity index (χ1) is 9.73. The Morgan fingerprint density at radius 2 is 2.05 bits per heavy atom. The number of alkyl carbamates (subject to hydrolysis) is 1. The summed E-state index contributed by atoms with van der Waals surface area (Å²) < 4.78 is 9.96. The molecule has 0 aromatic rings. The Hall–Kier alpha value is -1.79. The van der Waals surface area contributed by atoms with Crippen molar-refractivity contribution in [3.8, 4) is 0 Å². The van der Waals surface area contributed by atoms with Gasteiger partial charge in [-0.3, -0.25) is 9.59 Å². The first kappa shape index (κ1) is 17.3. The molecule has 0 aromatic heterocycles. The van der Waals surface area contributed by atoms with E-state index >= 15 is 0 Å². The van der Waals surface area contributed by atoms with Gasteiger partial charge in [-0.1, -0.05) is 0 Å². The molecule has 1 rings (SSSR count). The largest absolute Gasteiger partial charge is 0.465 e. The van der Waals surface area contributed by atoms with Crippen molar-refractivity contribution in [1.82, 2.24) is 10.2 Å². The average Bonchev–Trinajstić information content (AvgIpc) is 2.32. The molecule has 7 nitrogen and oxygen atoms in total. The van der Waals surface area contributed by atoms with E-state index in [0.29, 0.717) is 19.4 Å². The number of carbonyl (C=O) groups is 3. The predicted molar refractivity (Wildman–Crippen MR) is 75.6 cm³/mol. The van der Waals surface area contributed by atoms with Crippen LogP contribution in [0.25, 0.3) is 0 Å². The van der Waals surface area contributed by atoms with E-state index in [9.17, 15) is 14.4 Å². The van der Waals surface area contributed by atoms with Crippen molar-refractivity contribution < 1.29 is 23.9 Å². The zero-order valence-electron chi connectivity index (χ0n) is 13.1. The van der Waals surface area contributed by atoms with Crippen molar-refractivity contribution in [3.05, 3.63) is 0 Å². The van der Waals surface area contributed by atoms with Gasteiger partial charge in [-0.05, 0) is 40.5 Å². The van der Waals surface area contributed by atoms with Crippen LogP contribution in [0, 0.1) is 0 Å². The standard InChI is InChI=1S/C14H24N2O5/c1-5-20-11(17)9-16-8-6-7-10(12(16)18)15-13(19)21-14(2,3)4/h10H,5-9H2,1-4H3,(H,15,19)/t10-/m1/s1. The summed E-state index contributed by atoms with van der Waals surface area (Å²) >= 11 is 0. The lowest BCUT2D eigenvalue weighted by Gasteiger charge is -2.32. The monoisotopic (exact) mass is 300 g/mol. The fourth-order valence-corrected chi connectivity index (χ4v) is 2.04. The first-order valence-corrected chi connectivity index (χ1v) is 7.17. The van der Waals surface area contributed by atoms with Gasteiger partial charge in [-0.15, -0.1) is 0 Å². The van der Waals surface area contributed by atoms with Gasteiger partial charge in [-0.2, -0.15) is 0 Å². The third kappa shape index (κ3) is 6.01. The molecule has 1 heterocycles. The van der Waals surface area contributed by atoms with Gasteiger partial charge >= 0.3 is 12.1 Å². The Kier molecular flexibility index (Phi) is 5.99. The molecule has 0 unspecified atom stereocenters. The van der Waals surface area contributed by atoms with Crippen LogP contribution >= 0.6 is 0 Å². The summed E-state index contributed by atoms with van der Waals surface area (Å²) in [4.78, 5) is 36.8. The molecule has 1 N–H and O–H groups in total. The van der Waals surface area contributed by atoms with E-state index in [-0.39, 0.29) is 19.1 Å². The molecule has 0 spiro atoms. The van der Waals surface area contributed by atoms with Crippen molar-refractivity contribution in [2.24, 2.45) is 0 Å². The Bertz CT molecular complexity index is 403. The van der Waals surface area contributed by atoms with E-state index in [1.807, 2.05) is 0 Å². The van der Waals surface area contributed by atoms with Gasteiger partial charge in [0, 0.05) is 6.54 Å². The zero-order valence-corrected chi connectivity index (χ0v) is 13.1. The van der Waals surface area contributed by atoms with Crippen LogP contribution in [-0.2, 0) is 19.1 Å². The van der Waals surface area contributed by atoms with Crippen molar-refractivity contribution in [2.45, 2.75) is 52.2 Å². The lowest BCUT2D eigenvalue weighted by molar-refractivity contribution is -0.150. The van der Waals surface area contributed by atoms with Crippen LogP contribution in [0.3, 0.4) is 0 Å². The quantitative estimate of drug-likeness (QED) is 0.785. The van der Waals surface area contributed by atoms with Gasteiger partial charge in [0.25, 0.3) is 0 Å². The van der Waals surface area contributed by atoms with Gasteiger partial charge in [0.15, 0.2) is 0 Å². The van der Waals surface area contributed by atoms with E-state index in [4.69, 9.17) is 9.47 Å². The first-order valence-electron chi connectivity index (χ1n) is 7.17. The number of carbonyl (C=O) groups excluding carboxylic acids is 3. The minimum Gasteiger partial charge on any atom is -0.465 e. The highest BCUT2D eigenvalue weighted by molar-refractivity contribution is 5.89. The second-order valence-electron chi connectivity index (χ2n) is 5.91. The van der Waals surface area contributed by atoms with E-state index in [1.54, 1.807) is 27.7 Å². The molecule has 0 aromatic carbocycles. The lowest BCUT2D eigenvalue weighted by Crippen LogP contribution is -2.54. The van der Waals surface area contributed by atoms with E-state index in [1.165, 1.54) is 4.90 Å². The Morgan fingerprint density at radius 3 is 2.62 bits per heavy atom. The van der Waals surface area contributed by atoms with E-state index in [0.717, 1.165) is 0 Å². The second kappa shape index (κ2) is 7.28. The van der Waals surface area contributed by atoms with Crippen LogP contribution in [0.1, 0.15) is 40.5 Å². The number of rotatable bonds is 4. The van der Waals surface area contributed by atoms with Crippen molar-refractivity contribution in [2.75, 3.05) is 19.7 Å². The maximum Gasteiger partial charge on any atom is 0.408 e. The highest BCUT2D eigenvalue weighted by atomic mass is 16.6. The SMILES string of the molecule is CCOC(=O)CN1CCC[C@@H](NC(=O)OC(C)(C)C)C1=O. The Balaban J connectivity index is 2.54. The van der Waals surface area contributed by atoms with Gasteiger partial charge < -0.3 is 19.7 Å². The molecule has 1 atom stereocenters. The highest BCUT2D eigenvalue weighted by Crippen LogP contribution is 2.13. The van der Waals surface area contributed by atoms with Crippen LogP contribution in [0.4, 0.5) is 4.79 Å². The van der Waals surface area contributed by atoms with Crippen LogP contribution in [0.15, 0.2) is 0 Å². The van der Waals surface area contributed by atoms with Crippen LogP contribution in [0.2, 0.25) is 0 Å². The molecule has 1 aliphatic rings. The summed E-state index contributed by atoms with van der Waals surface area (Å²) in [7, 11) is 0. The maximum absolute atomic E-state index is 12.2.